The van der Waals surface area contributed by atoms with E-state index in [2.05, 4.69) is 32.0 Å². The fourth-order valence-corrected chi connectivity index (χ4v) is 1.98. The maximum Gasteiger partial charge on any atom is 0.200 e. The highest BCUT2D eigenvalue weighted by atomic mass is 16.5. The van der Waals surface area contributed by atoms with Crippen molar-refractivity contribution in [3.63, 3.8) is 0 Å². The first-order valence-corrected chi connectivity index (χ1v) is 6.28. The summed E-state index contributed by atoms with van der Waals surface area (Å²) in [5.41, 5.74) is 1.78. The summed E-state index contributed by atoms with van der Waals surface area (Å²) in [6.07, 6.45) is 0.847. The lowest BCUT2D eigenvalue weighted by atomic mass is 10.1. The molecule has 2 aromatic heterocycles. The van der Waals surface area contributed by atoms with Gasteiger partial charge >= 0.3 is 0 Å². The normalized spacial score (nSPS) is 10.7. The molecule has 102 valence electrons. The maximum absolute atomic E-state index is 5.32. The van der Waals surface area contributed by atoms with Crippen LogP contribution in [0.3, 0.4) is 0 Å². The monoisotopic (exact) mass is 270 g/mol. The molecule has 7 nitrogen and oxygen atoms in total. The maximum atomic E-state index is 5.32. The second kappa shape index (κ2) is 5.52. The van der Waals surface area contributed by atoms with E-state index in [9.17, 15) is 0 Å². The van der Waals surface area contributed by atoms with Crippen LogP contribution in [0.1, 0.15) is 5.56 Å². The quantitative estimate of drug-likeness (QED) is 0.750. The van der Waals surface area contributed by atoms with E-state index in [1.807, 2.05) is 30.3 Å². The van der Waals surface area contributed by atoms with E-state index in [4.69, 9.17) is 4.74 Å². The zero-order valence-corrected chi connectivity index (χ0v) is 11.0. The minimum absolute atomic E-state index is 0.625. The molecule has 0 spiro atoms. The Hall–Kier alpha value is -2.70. The first-order valence-electron chi connectivity index (χ1n) is 6.28. The topological polar surface area (TPSA) is 77.2 Å². The van der Waals surface area contributed by atoms with Crippen molar-refractivity contribution < 1.29 is 4.74 Å². The molecule has 0 saturated heterocycles. The van der Waals surface area contributed by atoms with Crippen LogP contribution in [-0.4, -0.2) is 38.9 Å². The van der Waals surface area contributed by atoms with E-state index < -0.39 is 0 Å². The van der Waals surface area contributed by atoms with Gasteiger partial charge in [-0.05, 0) is 40.6 Å². The van der Waals surface area contributed by atoms with Gasteiger partial charge in [0.15, 0.2) is 5.65 Å². The van der Waals surface area contributed by atoms with Crippen LogP contribution in [-0.2, 0) is 6.42 Å². The first-order chi connectivity index (χ1) is 9.86. The van der Waals surface area contributed by atoms with Crippen molar-refractivity contribution >= 4 is 11.5 Å². The highest BCUT2D eigenvalue weighted by Crippen LogP contribution is 2.17. The average Bonchev–Trinajstić information content (AvgIpc) is 2.95. The molecule has 0 amide bonds. The van der Waals surface area contributed by atoms with Crippen LogP contribution in [0.5, 0.6) is 5.75 Å². The zero-order chi connectivity index (χ0) is 13.8. The fraction of sp³-hybridized carbons (Fsp3) is 0.231. The van der Waals surface area contributed by atoms with E-state index in [0.29, 0.717) is 5.65 Å². The fourth-order valence-electron chi connectivity index (χ4n) is 1.98. The lowest BCUT2D eigenvalue weighted by Crippen LogP contribution is -2.09. The highest BCUT2D eigenvalue weighted by molar-refractivity contribution is 5.42. The predicted molar refractivity (Wildman–Crippen MR) is 73.8 cm³/mol. The number of aromatic nitrogens is 5. The third-order valence-corrected chi connectivity index (χ3v) is 2.96. The summed E-state index contributed by atoms with van der Waals surface area (Å²) in [4.78, 5) is 0. The number of benzene rings is 1. The van der Waals surface area contributed by atoms with Gasteiger partial charge in [0.25, 0.3) is 0 Å². The Morgan fingerprint density at radius 3 is 3.00 bits per heavy atom. The van der Waals surface area contributed by atoms with Gasteiger partial charge in [-0.3, -0.25) is 0 Å². The summed E-state index contributed by atoms with van der Waals surface area (Å²) in [5.74, 6) is 1.64. The van der Waals surface area contributed by atoms with Crippen molar-refractivity contribution in [3.8, 4) is 5.75 Å². The number of nitrogens with zero attached hydrogens (tertiary/aromatic N) is 5. The molecule has 7 heteroatoms. The van der Waals surface area contributed by atoms with Crippen LogP contribution >= 0.6 is 0 Å². The van der Waals surface area contributed by atoms with Gasteiger partial charge in [-0.2, -0.15) is 0 Å². The van der Waals surface area contributed by atoms with E-state index >= 15 is 0 Å². The van der Waals surface area contributed by atoms with Gasteiger partial charge in [0.1, 0.15) is 11.6 Å². The number of tetrazole rings is 1. The number of methoxy groups -OCH3 is 1. The number of ether oxygens (including phenoxy) is 1. The van der Waals surface area contributed by atoms with Gasteiger partial charge in [0, 0.05) is 6.54 Å². The largest absolute Gasteiger partial charge is 0.496 e. The number of fused-ring (bicyclic) bond motifs is 1. The molecule has 20 heavy (non-hydrogen) atoms. The SMILES string of the molecule is COc1ccccc1CCNc1ccc2nnnn2n1. The molecule has 3 rings (SSSR count). The van der Waals surface area contributed by atoms with Gasteiger partial charge in [0.05, 0.1) is 7.11 Å². The van der Waals surface area contributed by atoms with Crippen molar-refractivity contribution in [2.45, 2.75) is 6.42 Å². The number of anilines is 1. The molecule has 0 aliphatic carbocycles. The summed E-state index contributed by atoms with van der Waals surface area (Å²) in [6, 6.07) is 11.7. The molecule has 0 aliphatic rings. The van der Waals surface area contributed by atoms with Gasteiger partial charge in [0.2, 0.25) is 0 Å². The van der Waals surface area contributed by atoms with E-state index in [0.717, 1.165) is 30.1 Å². The number of para-hydroxylation sites is 1. The molecule has 0 bridgehead atoms. The van der Waals surface area contributed by atoms with Gasteiger partial charge in [-0.15, -0.1) is 14.8 Å². The minimum atomic E-state index is 0.625. The van der Waals surface area contributed by atoms with Crippen LogP contribution < -0.4 is 10.1 Å². The molecule has 0 fully saturated rings. The lowest BCUT2D eigenvalue weighted by molar-refractivity contribution is 0.410. The Labute approximate surface area is 115 Å². The van der Waals surface area contributed by atoms with Crippen LogP contribution in [0.2, 0.25) is 0 Å². The standard InChI is InChI=1S/C13H14N6O/c1-20-11-5-3-2-4-10(11)8-9-14-12-6-7-13-15-17-18-19(13)16-12/h2-7H,8-9H2,1H3,(H,14,16). The molecule has 0 aliphatic heterocycles. The smallest absolute Gasteiger partial charge is 0.200 e. The third-order valence-electron chi connectivity index (χ3n) is 2.96. The number of hydrogen-bond acceptors (Lipinski definition) is 6. The van der Waals surface area contributed by atoms with Crippen molar-refractivity contribution in [2.24, 2.45) is 0 Å². The van der Waals surface area contributed by atoms with Crippen molar-refractivity contribution in [2.75, 3.05) is 19.0 Å². The molecule has 2 heterocycles. The molecule has 0 saturated carbocycles. The van der Waals surface area contributed by atoms with Crippen LogP contribution in [0, 0.1) is 0 Å². The summed E-state index contributed by atoms with van der Waals surface area (Å²) in [6.45, 7) is 0.751. The molecule has 0 radical (unpaired) electrons. The first kappa shape index (κ1) is 12.3. The number of rotatable bonds is 5. The number of hydrogen-bond donors (Lipinski definition) is 1. The zero-order valence-electron chi connectivity index (χ0n) is 11.0. The Balaban J connectivity index is 1.64. The second-order valence-electron chi connectivity index (χ2n) is 4.23. The summed E-state index contributed by atoms with van der Waals surface area (Å²) in [5, 5.41) is 18.6. The summed E-state index contributed by atoms with van der Waals surface area (Å²) >= 11 is 0. The van der Waals surface area contributed by atoms with Gasteiger partial charge < -0.3 is 10.1 Å². The highest BCUT2D eigenvalue weighted by Gasteiger charge is 2.03. The summed E-state index contributed by atoms with van der Waals surface area (Å²) in [7, 11) is 1.68. The minimum Gasteiger partial charge on any atom is -0.496 e. The average molecular weight is 270 g/mol. The third kappa shape index (κ3) is 2.51. The number of nitrogens with one attached hydrogen (secondary N) is 1. The van der Waals surface area contributed by atoms with E-state index in [-0.39, 0.29) is 0 Å². The summed E-state index contributed by atoms with van der Waals surface area (Å²) < 4.78 is 6.72. The molecule has 0 unspecified atom stereocenters. The molecular formula is C13H14N6O. The lowest BCUT2D eigenvalue weighted by Gasteiger charge is -2.09. The molecule has 1 N–H and O–H groups in total. The molecule has 0 atom stereocenters. The van der Waals surface area contributed by atoms with Crippen LogP contribution in [0.15, 0.2) is 36.4 Å². The Kier molecular flexibility index (Phi) is 3.40. The van der Waals surface area contributed by atoms with E-state index in [1.54, 1.807) is 7.11 Å². The van der Waals surface area contributed by atoms with Crippen LogP contribution in [0.4, 0.5) is 5.82 Å². The van der Waals surface area contributed by atoms with E-state index in [1.165, 1.54) is 4.63 Å². The Bertz CT molecular complexity index is 711. The molecule has 1 aromatic carbocycles. The predicted octanol–water partition coefficient (Wildman–Crippen LogP) is 1.18. The van der Waals surface area contributed by atoms with Crippen molar-refractivity contribution in [3.05, 3.63) is 42.0 Å². The van der Waals surface area contributed by atoms with Gasteiger partial charge in [-0.1, -0.05) is 18.2 Å². The van der Waals surface area contributed by atoms with Gasteiger partial charge in [-0.25, -0.2) is 0 Å². The Morgan fingerprint density at radius 1 is 1.20 bits per heavy atom. The van der Waals surface area contributed by atoms with Crippen LogP contribution in [0.25, 0.3) is 5.65 Å². The van der Waals surface area contributed by atoms with Crippen molar-refractivity contribution in [1.82, 2.24) is 25.3 Å². The Morgan fingerprint density at radius 2 is 2.10 bits per heavy atom. The molecule has 3 aromatic rings. The van der Waals surface area contributed by atoms with Crippen molar-refractivity contribution in [1.29, 1.82) is 0 Å². The second-order valence-corrected chi connectivity index (χ2v) is 4.23. The molecular weight excluding hydrogens is 256 g/mol.